The van der Waals surface area contributed by atoms with Crippen molar-refractivity contribution in [2.45, 2.75) is 33.2 Å². The van der Waals surface area contributed by atoms with Gasteiger partial charge in [0.15, 0.2) is 0 Å². The van der Waals surface area contributed by atoms with Crippen LogP contribution < -0.4 is 15.8 Å². The molecule has 23 heavy (non-hydrogen) atoms. The minimum absolute atomic E-state index is 0.0314. The molecule has 0 unspecified atom stereocenters. The third-order valence-corrected chi connectivity index (χ3v) is 4.38. The average molecular weight is 321 g/mol. The van der Waals surface area contributed by atoms with Gasteiger partial charge in [0.25, 0.3) is 0 Å². The maximum Gasteiger partial charge on any atom is 0.227 e. The van der Waals surface area contributed by atoms with Crippen LogP contribution in [0.4, 0.5) is 0 Å². The van der Waals surface area contributed by atoms with Gasteiger partial charge in [-0.15, -0.1) is 0 Å². The smallest absolute Gasteiger partial charge is 0.227 e. The van der Waals surface area contributed by atoms with Gasteiger partial charge in [0, 0.05) is 19.6 Å². The predicted molar refractivity (Wildman–Crippen MR) is 94.4 cm³/mol. The highest BCUT2D eigenvalue weighted by atomic mass is 16.5. The van der Waals surface area contributed by atoms with E-state index in [9.17, 15) is 4.79 Å². The Morgan fingerprint density at radius 1 is 1.30 bits per heavy atom. The summed E-state index contributed by atoms with van der Waals surface area (Å²) in [5, 5.41) is 3.01. The molecule has 0 aliphatic carbocycles. The zero-order valence-electron chi connectivity index (χ0n) is 14.9. The minimum Gasteiger partial charge on any atom is -0.492 e. The van der Waals surface area contributed by atoms with Gasteiger partial charge in [-0.3, -0.25) is 4.79 Å². The number of ether oxygens (including phenoxy) is 1. The van der Waals surface area contributed by atoms with E-state index >= 15 is 0 Å². The van der Waals surface area contributed by atoms with Crippen molar-refractivity contribution in [3.63, 3.8) is 0 Å². The Morgan fingerprint density at radius 3 is 2.57 bits per heavy atom. The van der Waals surface area contributed by atoms with Crippen molar-refractivity contribution in [1.82, 2.24) is 10.2 Å². The molecule has 130 valence electrons. The van der Waals surface area contributed by atoms with Crippen LogP contribution in [0, 0.1) is 5.41 Å². The summed E-state index contributed by atoms with van der Waals surface area (Å²) in [5.74, 6) is 0.860. The molecule has 1 rings (SSSR count). The minimum atomic E-state index is -0.459. The highest BCUT2D eigenvalue weighted by Crippen LogP contribution is 2.25. The first-order chi connectivity index (χ1) is 11.0. The van der Waals surface area contributed by atoms with Crippen molar-refractivity contribution in [1.29, 1.82) is 0 Å². The van der Waals surface area contributed by atoms with Crippen molar-refractivity contribution in [3.8, 4) is 5.75 Å². The van der Waals surface area contributed by atoms with Crippen LogP contribution in [-0.4, -0.2) is 44.6 Å². The highest BCUT2D eigenvalue weighted by Gasteiger charge is 2.32. The fourth-order valence-corrected chi connectivity index (χ4v) is 2.41. The standard InChI is InChI=1S/C18H31N3O2/c1-5-18(6-2,14-19)17(22)20-13-15-8-7-9-16(12-15)23-11-10-21(3)4/h7-9,12H,5-6,10-11,13-14,19H2,1-4H3,(H,20,22). The van der Waals surface area contributed by atoms with Gasteiger partial charge in [-0.05, 0) is 44.6 Å². The van der Waals surface area contributed by atoms with Crippen LogP contribution in [0.5, 0.6) is 5.75 Å². The Balaban J connectivity index is 2.59. The second kappa shape index (κ2) is 9.53. The molecule has 0 radical (unpaired) electrons. The van der Waals surface area contributed by atoms with Crippen molar-refractivity contribution >= 4 is 5.91 Å². The zero-order chi connectivity index (χ0) is 17.3. The first kappa shape index (κ1) is 19.5. The Hall–Kier alpha value is -1.59. The Morgan fingerprint density at radius 2 is 2.00 bits per heavy atom. The summed E-state index contributed by atoms with van der Waals surface area (Å²) in [6, 6.07) is 7.84. The first-order valence-corrected chi connectivity index (χ1v) is 8.32. The molecule has 5 nitrogen and oxygen atoms in total. The third kappa shape index (κ3) is 5.84. The summed E-state index contributed by atoms with van der Waals surface area (Å²) < 4.78 is 5.72. The van der Waals surface area contributed by atoms with E-state index < -0.39 is 5.41 Å². The summed E-state index contributed by atoms with van der Waals surface area (Å²) in [6.07, 6.45) is 1.50. The molecule has 0 heterocycles. The van der Waals surface area contributed by atoms with Gasteiger partial charge in [0.05, 0.1) is 5.41 Å². The van der Waals surface area contributed by atoms with Crippen LogP contribution in [0.15, 0.2) is 24.3 Å². The summed E-state index contributed by atoms with van der Waals surface area (Å²) in [7, 11) is 4.03. The van der Waals surface area contributed by atoms with Crippen LogP contribution in [-0.2, 0) is 11.3 Å². The number of likely N-dealkylation sites (N-methyl/N-ethyl adjacent to an activating group) is 1. The number of hydrogen-bond donors (Lipinski definition) is 2. The lowest BCUT2D eigenvalue weighted by Crippen LogP contribution is -2.45. The van der Waals surface area contributed by atoms with Gasteiger partial charge in [0.2, 0.25) is 5.91 Å². The van der Waals surface area contributed by atoms with E-state index in [1.807, 2.05) is 52.2 Å². The van der Waals surface area contributed by atoms with E-state index in [1.54, 1.807) is 0 Å². The summed E-state index contributed by atoms with van der Waals surface area (Å²) in [4.78, 5) is 14.5. The van der Waals surface area contributed by atoms with Crippen molar-refractivity contribution in [3.05, 3.63) is 29.8 Å². The number of carbonyl (C=O) groups is 1. The summed E-state index contributed by atoms with van der Waals surface area (Å²) in [6.45, 7) is 6.40. The molecule has 0 fully saturated rings. The SMILES string of the molecule is CCC(CC)(CN)C(=O)NCc1cccc(OCCN(C)C)c1. The number of amides is 1. The van der Waals surface area contributed by atoms with Crippen LogP contribution in [0.2, 0.25) is 0 Å². The Bertz CT molecular complexity index is 477. The lowest BCUT2D eigenvalue weighted by atomic mass is 9.81. The second-order valence-electron chi connectivity index (χ2n) is 6.17. The number of nitrogens with two attached hydrogens (primary N) is 1. The Labute approximate surface area is 140 Å². The maximum absolute atomic E-state index is 12.4. The van der Waals surface area contributed by atoms with Gasteiger partial charge in [-0.2, -0.15) is 0 Å². The number of hydrogen-bond acceptors (Lipinski definition) is 4. The molecule has 3 N–H and O–H groups in total. The van der Waals surface area contributed by atoms with Crippen LogP contribution in [0.3, 0.4) is 0 Å². The molecule has 0 spiro atoms. The molecule has 0 aromatic heterocycles. The monoisotopic (exact) mass is 321 g/mol. The molecule has 0 bridgehead atoms. The normalized spacial score (nSPS) is 11.6. The molecule has 5 heteroatoms. The van der Waals surface area contributed by atoms with Gasteiger partial charge >= 0.3 is 0 Å². The maximum atomic E-state index is 12.4. The molecule has 0 aliphatic rings. The lowest BCUT2D eigenvalue weighted by Gasteiger charge is -2.28. The molecular weight excluding hydrogens is 290 g/mol. The Kier molecular flexibility index (Phi) is 8.06. The van der Waals surface area contributed by atoms with E-state index in [-0.39, 0.29) is 5.91 Å². The lowest BCUT2D eigenvalue weighted by molar-refractivity contribution is -0.131. The number of rotatable bonds is 10. The fraction of sp³-hybridized carbons (Fsp3) is 0.611. The largest absolute Gasteiger partial charge is 0.492 e. The summed E-state index contributed by atoms with van der Waals surface area (Å²) >= 11 is 0. The number of nitrogens with zero attached hydrogens (tertiary/aromatic N) is 1. The van der Waals surface area contributed by atoms with E-state index in [0.29, 0.717) is 19.7 Å². The van der Waals surface area contributed by atoms with Crippen molar-refractivity contribution < 1.29 is 9.53 Å². The molecule has 0 aliphatic heterocycles. The van der Waals surface area contributed by atoms with E-state index in [0.717, 1.165) is 30.7 Å². The fourth-order valence-electron chi connectivity index (χ4n) is 2.41. The molecule has 1 amide bonds. The molecule has 0 atom stereocenters. The quantitative estimate of drug-likeness (QED) is 0.692. The zero-order valence-corrected chi connectivity index (χ0v) is 14.9. The second-order valence-corrected chi connectivity index (χ2v) is 6.17. The molecule has 1 aromatic carbocycles. The highest BCUT2D eigenvalue weighted by molar-refractivity contribution is 5.82. The molecule has 0 saturated heterocycles. The van der Waals surface area contributed by atoms with Crippen molar-refractivity contribution in [2.75, 3.05) is 33.8 Å². The van der Waals surface area contributed by atoms with E-state index in [4.69, 9.17) is 10.5 Å². The van der Waals surface area contributed by atoms with Crippen LogP contribution in [0.1, 0.15) is 32.3 Å². The van der Waals surface area contributed by atoms with Gasteiger partial charge in [-0.1, -0.05) is 26.0 Å². The van der Waals surface area contributed by atoms with E-state index in [2.05, 4.69) is 10.2 Å². The molecule has 1 aromatic rings. The predicted octanol–water partition coefficient (Wildman–Crippen LogP) is 2.01. The summed E-state index contributed by atoms with van der Waals surface area (Å²) in [5.41, 5.74) is 6.39. The van der Waals surface area contributed by atoms with Gasteiger partial charge in [0.1, 0.15) is 12.4 Å². The topological polar surface area (TPSA) is 67.6 Å². The van der Waals surface area contributed by atoms with E-state index in [1.165, 1.54) is 0 Å². The van der Waals surface area contributed by atoms with Crippen LogP contribution >= 0.6 is 0 Å². The third-order valence-electron chi connectivity index (χ3n) is 4.38. The first-order valence-electron chi connectivity index (χ1n) is 8.32. The molecular formula is C18H31N3O2. The van der Waals surface area contributed by atoms with Crippen molar-refractivity contribution in [2.24, 2.45) is 11.1 Å². The number of nitrogens with one attached hydrogen (secondary N) is 1. The van der Waals surface area contributed by atoms with Gasteiger partial charge < -0.3 is 20.7 Å². The number of carbonyl (C=O) groups excluding carboxylic acids is 1. The van der Waals surface area contributed by atoms with Crippen LogP contribution in [0.25, 0.3) is 0 Å². The average Bonchev–Trinajstić information content (AvgIpc) is 2.55. The van der Waals surface area contributed by atoms with Gasteiger partial charge in [-0.25, -0.2) is 0 Å². The molecule has 0 saturated carbocycles. The number of benzene rings is 1.